The van der Waals surface area contributed by atoms with Crippen LogP contribution in [0.2, 0.25) is 0 Å². The Bertz CT molecular complexity index is 1020. The molecule has 0 heterocycles. The maximum Gasteiger partial charge on any atom is 0.307 e. The zero-order valence-corrected chi connectivity index (χ0v) is 16.1. The molecule has 29 heavy (non-hydrogen) atoms. The molecule has 3 rings (SSSR count). The summed E-state index contributed by atoms with van der Waals surface area (Å²) in [4.78, 5) is 24.4. The number of methoxy groups -OCH3 is 1. The molecule has 0 bridgehead atoms. The van der Waals surface area contributed by atoms with E-state index in [9.17, 15) is 9.59 Å². The molecular weight excluding hydrogens is 362 g/mol. The van der Waals surface area contributed by atoms with Crippen LogP contribution < -0.4 is 5.32 Å². The summed E-state index contributed by atoms with van der Waals surface area (Å²) < 4.78 is 4.76. The molecule has 0 saturated carbocycles. The second-order valence-electron chi connectivity index (χ2n) is 6.41. The van der Waals surface area contributed by atoms with E-state index in [1.807, 2.05) is 72.8 Å². The zero-order valence-electron chi connectivity index (χ0n) is 16.1. The molecule has 0 aliphatic carbocycles. The number of amides is 1. The molecule has 1 N–H and O–H groups in total. The molecule has 0 radical (unpaired) electrons. The monoisotopic (exact) mass is 383 g/mol. The average Bonchev–Trinajstić information content (AvgIpc) is 2.78. The van der Waals surface area contributed by atoms with Gasteiger partial charge in [-0.1, -0.05) is 60.4 Å². The van der Waals surface area contributed by atoms with Crippen LogP contribution in [0.15, 0.2) is 84.9 Å². The predicted molar refractivity (Wildman–Crippen MR) is 112 cm³/mol. The summed E-state index contributed by atoms with van der Waals surface area (Å²) in [5.74, 6) is 5.53. The SMILES string of the molecule is COC(=O)CC(NC(=O)c1ccc(C#Cc2ccccc2)cc1)c1ccccc1. The first-order valence-electron chi connectivity index (χ1n) is 9.25. The number of nitrogens with one attached hydrogen (secondary N) is 1. The zero-order chi connectivity index (χ0) is 20.5. The van der Waals surface area contributed by atoms with Gasteiger partial charge in [0.1, 0.15) is 0 Å². The van der Waals surface area contributed by atoms with Crippen LogP contribution in [0, 0.1) is 11.8 Å². The quantitative estimate of drug-likeness (QED) is 0.533. The van der Waals surface area contributed by atoms with Crippen molar-refractivity contribution < 1.29 is 14.3 Å². The fraction of sp³-hybridized carbons (Fsp3) is 0.120. The molecule has 3 aromatic carbocycles. The summed E-state index contributed by atoms with van der Waals surface area (Å²) >= 11 is 0. The van der Waals surface area contributed by atoms with Crippen molar-refractivity contribution in [2.75, 3.05) is 7.11 Å². The van der Waals surface area contributed by atoms with E-state index >= 15 is 0 Å². The summed E-state index contributed by atoms with van der Waals surface area (Å²) in [6.45, 7) is 0. The van der Waals surface area contributed by atoms with Crippen molar-refractivity contribution in [3.8, 4) is 11.8 Å². The number of carbonyl (C=O) groups is 2. The molecule has 0 saturated heterocycles. The maximum atomic E-state index is 12.7. The normalized spacial score (nSPS) is 10.9. The molecule has 0 spiro atoms. The van der Waals surface area contributed by atoms with E-state index in [0.717, 1.165) is 16.7 Å². The molecule has 0 aliphatic heterocycles. The van der Waals surface area contributed by atoms with E-state index in [2.05, 4.69) is 17.2 Å². The van der Waals surface area contributed by atoms with E-state index in [1.54, 1.807) is 12.1 Å². The molecule has 4 heteroatoms. The molecule has 0 aliphatic rings. The predicted octanol–water partition coefficient (Wildman–Crippen LogP) is 4.12. The van der Waals surface area contributed by atoms with Crippen molar-refractivity contribution in [1.82, 2.24) is 5.32 Å². The minimum atomic E-state index is -0.464. The van der Waals surface area contributed by atoms with Gasteiger partial charge in [0.05, 0.1) is 19.6 Å². The topological polar surface area (TPSA) is 55.4 Å². The summed E-state index contributed by atoms with van der Waals surface area (Å²) in [5, 5.41) is 2.92. The lowest BCUT2D eigenvalue weighted by molar-refractivity contribution is -0.141. The minimum Gasteiger partial charge on any atom is -0.469 e. The highest BCUT2D eigenvalue weighted by Gasteiger charge is 2.19. The van der Waals surface area contributed by atoms with Gasteiger partial charge < -0.3 is 10.1 Å². The van der Waals surface area contributed by atoms with Gasteiger partial charge in [-0.2, -0.15) is 0 Å². The minimum absolute atomic E-state index is 0.0624. The Morgan fingerprint density at radius 1 is 0.828 bits per heavy atom. The van der Waals surface area contributed by atoms with Crippen molar-refractivity contribution >= 4 is 11.9 Å². The second kappa shape index (κ2) is 9.91. The molecule has 1 amide bonds. The largest absolute Gasteiger partial charge is 0.469 e. The summed E-state index contributed by atoms with van der Waals surface area (Å²) in [5.41, 5.74) is 3.10. The lowest BCUT2D eigenvalue weighted by Gasteiger charge is -2.18. The number of esters is 1. The summed E-state index contributed by atoms with van der Waals surface area (Å²) in [6.07, 6.45) is 0.0624. The Hall–Kier alpha value is -3.84. The third-order valence-electron chi connectivity index (χ3n) is 4.38. The summed E-state index contributed by atoms with van der Waals surface area (Å²) in [6, 6.07) is 25.7. The van der Waals surface area contributed by atoms with Crippen LogP contribution in [0.4, 0.5) is 0 Å². The van der Waals surface area contributed by atoms with Crippen LogP contribution in [0.3, 0.4) is 0 Å². The van der Waals surface area contributed by atoms with E-state index in [-0.39, 0.29) is 18.3 Å². The maximum absolute atomic E-state index is 12.7. The van der Waals surface area contributed by atoms with Crippen molar-refractivity contribution in [3.05, 3.63) is 107 Å². The molecular formula is C25H21NO3. The van der Waals surface area contributed by atoms with Crippen LogP contribution in [-0.2, 0) is 9.53 Å². The fourth-order valence-electron chi connectivity index (χ4n) is 2.80. The number of ether oxygens (including phenoxy) is 1. The fourth-order valence-corrected chi connectivity index (χ4v) is 2.80. The van der Waals surface area contributed by atoms with Gasteiger partial charge in [-0.15, -0.1) is 0 Å². The third kappa shape index (κ3) is 5.82. The number of benzene rings is 3. The van der Waals surface area contributed by atoms with Crippen LogP contribution in [0.25, 0.3) is 0 Å². The van der Waals surface area contributed by atoms with E-state index < -0.39 is 6.04 Å². The van der Waals surface area contributed by atoms with Gasteiger partial charge in [0.25, 0.3) is 5.91 Å². The van der Waals surface area contributed by atoms with Crippen LogP contribution >= 0.6 is 0 Å². The van der Waals surface area contributed by atoms with Gasteiger partial charge >= 0.3 is 5.97 Å². The van der Waals surface area contributed by atoms with E-state index in [0.29, 0.717) is 5.56 Å². The van der Waals surface area contributed by atoms with Crippen molar-refractivity contribution in [1.29, 1.82) is 0 Å². The molecule has 144 valence electrons. The van der Waals surface area contributed by atoms with Crippen molar-refractivity contribution in [3.63, 3.8) is 0 Å². The number of rotatable bonds is 5. The Morgan fingerprint density at radius 2 is 1.38 bits per heavy atom. The smallest absolute Gasteiger partial charge is 0.307 e. The van der Waals surface area contributed by atoms with Gasteiger partial charge in [-0.25, -0.2) is 0 Å². The average molecular weight is 383 g/mol. The third-order valence-corrected chi connectivity index (χ3v) is 4.38. The van der Waals surface area contributed by atoms with Gasteiger partial charge in [-0.05, 0) is 42.0 Å². The Labute approximate surface area is 170 Å². The van der Waals surface area contributed by atoms with Crippen LogP contribution in [0.1, 0.15) is 39.5 Å². The first kappa shape index (κ1) is 19.9. The first-order valence-corrected chi connectivity index (χ1v) is 9.25. The molecule has 4 nitrogen and oxygen atoms in total. The lowest BCUT2D eigenvalue weighted by atomic mass is 10.0. The number of carbonyl (C=O) groups excluding carboxylic acids is 2. The molecule has 0 aromatic heterocycles. The van der Waals surface area contributed by atoms with Gasteiger partial charge in [0.2, 0.25) is 0 Å². The van der Waals surface area contributed by atoms with Crippen LogP contribution in [0.5, 0.6) is 0 Å². The highest BCUT2D eigenvalue weighted by Crippen LogP contribution is 2.18. The van der Waals surface area contributed by atoms with Gasteiger partial charge in [-0.3, -0.25) is 9.59 Å². The number of hydrogen-bond donors (Lipinski definition) is 1. The van der Waals surface area contributed by atoms with E-state index in [4.69, 9.17) is 4.74 Å². The first-order chi connectivity index (χ1) is 14.2. The van der Waals surface area contributed by atoms with Gasteiger partial charge in [0, 0.05) is 16.7 Å². The van der Waals surface area contributed by atoms with Crippen LogP contribution in [-0.4, -0.2) is 19.0 Å². The van der Waals surface area contributed by atoms with Gasteiger partial charge in [0.15, 0.2) is 0 Å². The molecule has 1 atom stereocenters. The van der Waals surface area contributed by atoms with E-state index in [1.165, 1.54) is 7.11 Å². The Morgan fingerprint density at radius 3 is 1.97 bits per heavy atom. The Kier molecular flexibility index (Phi) is 6.80. The summed E-state index contributed by atoms with van der Waals surface area (Å²) in [7, 11) is 1.33. The second-order valence-corrected chi connectivity index (χ2v) is 6.41. The Balaban J connectivity index is 1.71. The standard InChI is InChI=1S/C25H21NO3/c1-29-24(27)18-23(21-10-6-3-7-11-21)26-25(28)22-16-14-20(15-17-22)13-12-19-8-4-2-5-9-19/h2-11,14-17,23H,18H2,1H3,(H,26,28). The number of hydrogen-bond acceptors (Lipinski definition) is 3. The van der Waals surface area contributed by atoms with Crippen molar-refractivity contribution in [2.24, 2.45) is 0 Å². The highest BCUT2D eigenvalue weighted by molar-refractivity contribution is 5.94. The molecule has 3 aromatic rings. The molecule has 0 fully saturated rings. The molecule has 1 unspecified atom stereocenters. The van der Waals surface area contributed by atoms with Crippen molar-refractivity contribution in [2.45, 2.75) is 12.5 Å². The highest BCUT2D eigenvalue weighted by atomic mass is 16.5. The lowest BCUT2D eigenvalue weighted by Crippen LogP contribution is -2.30.